The van der Waals surface area contributed by atoms with Crippen LogP contribution < -0.4 is 9.47 Å². The van der Waals surface area contributed by atoms with E-state index in [1.54, 1.807) is 18.2 Å². The number of piperazine rings is 1. The summed E-state index contributed by atoms with van der Waals surface area (Å²) in [5.74, 6) is -4.24. The number of benzene rings is 2. The van der Waals surface area contributed by atoms with Crippen molar-refractivity contribution in [3.05, 3.63) is 53.3 Å². The van der Waals surface area contributed by atoms with Crippen LogP contribution in [0, 0.1) is 17.5 Å². The lowest BCUT2D eigenvalue weighted by Crippen LogP contribution is -2.51. The van der Waals surface area contributed by atoms with Crippen LogP contribution in [-0.4, -0.2) is 63.9 Å². The Morgan fingerprint density at radius 3 is 2.26 bits per heavy atom. The monoisotopic (exact) mass is 458 g/mol. The van der Waals surface area contributed by atoms with Gasteiger partial charge in [0.15, 0.2) is 17.5 Å². The van der Waals surface area contributed by atoms with Gasteiger partial charge in [-0.2, -0.15) is 4.31 Å². The third-order valence-corrected chi connectivity index (χ3v) is 6.96. The first-order valence-electron chi connectivity index (χ1n) is 9.31. The number of amides is 1. The SMILES string of the molecule is COc1ccc(CC(=O)N2CCN(S(=O)(=O)c3ccc(F)c(F)c3F)CC2)c(OC)c1. The lowest BCUT2D eigenvalue weighted by atomic mass is 10.1. The number of rotatable bonds is 6. The van der Waals surface area contributed by atoms with Crippen molar-refractivity contribution in [3.8, 4) is 11.5 Å². The summed E-state index contributed by atoms with van der Waals surface area (Å²) < 4.78 is 77.2. The minimum Gasteiger partial charge on any atom is -0.497 e. The molecular weight excluding hydrogens is 437 g/mol. The van der Waals surface area contributed by atoms with Gasteiger partial charge in [0.1, 0.15) is 16.4 Å². The van der Waals surface area contributed by atoms with Crippen molar-refractivity contribution in [2.45, 2.75) is 11.3 Å². The highest BCUT2D eigenvalue weighted by Gasteiger charge is 2.33. The predicted molar refractivity (Wildman–Crippen MR) is 105 cm³/mol. The molecule has 1 saturated heterocycles. The van der Waals surface area contributed by atoms with Crippen molar-refractivity contribution in [2.75, 3.05) is 40.4 Å². The molecule has 0 saturated carbocycles. The Hall–Kier alpha value is -2.79. The summed E-state index contributed by atoms with van der Waals surface area (Å²) in [4.78, 5) is 13.2. The molecule has 1 amide bonds. The Morgan fingerprint density at radius 1 is 0.968 bits per heavy atom. The van der Waals surface area contributed by atoms with E-state index in [-0.39, 0.29) is 38.5 Å². The van der Waals surface area contributed by atoms with Crippen molar-refractivity contribution in [3.63, 3.8) is 0 Å². The van der Waals surface area contributed by atoms with Crippen molar-refractivity contribution < 1.29 is 35.9 Å². The van der Waals surface area contributed by atoms with Crippen molar-refractivity contribution in [2.24, 2.45) is 0 Å². The normalized spacial score (nSPS) is 15.1. The maximum absolute atomic E-state index is 14.0. The zero-order chi connectivity index (χ0) is 22.8. The molecule has 0 spiro atoms. The second-order valence-corrected chi connectivity index (χ2v) is 8.72. The van der Waals surface area contributed by atoms with Crippen LogP contribution in [0.25, 0.3) is 0 Å². The number of ether oxygens (including phenoxy) is 2. The highest BCUT2D eigenvalue weighted by molar-refractivity contribution is 7.89. The van der Waals surface area contributed by atoms with E-state index in [0.717, 1.165) is 4.31 Å². The maximum Gasteiger partial charge on any atom is 0.246 e. The fourth-order valence-electron chi connectivity index (χ4n) is 3.30. The van der Waals surface area contributed by atoms with Crippen LogP contribution in [0.3, 0.4) is 0 Å². The van der Waals surface area contributed by atoms with Gasteiger partial charge >= 0.3 is 0 Å². The van der Waals surface area contributed by atoms with Gasteiger partial charge in [0.25, 0.3) is 0 Å². The number of carbonyl (C=O) groups excluding carboxylic acids is 1. The smallest absolute Gasteiger partial charge is 0.246 e. The van der Waals surface area contributed by atoms with Gasteiger partial charge in [0, 0.05) is 37.8 Å². The number of halogens is 3. The van der Waals surface area contributed by atoms with Crippen LogP contribution in [0.4, 0.5) is 13.2 Å². The summed E-state index contributed by atoms with van der Waals surface area (Å²) in [5, 5.41) is 0. The first-order valence-corrected chi connectivity index (χ1v) is 10.8. The van der Waals surface area contributed by atoms with E-state index < -0.39 is 32.4 Å². The molecule has 168 valence electrons. The summed E-state index contributed by atoms with van der Waals surface area (Å²) in [5.41, 5.74) is 0.646. The molecule has 1 aliphatic rings. The topological polar surface area (TPSA) is 76.2 Å². The summed E-state index contributed by atoms with van der Waals surface area (Å²) in [6.07, 6.45) is 0.0394. The molecule has 0 aliphatic carbocycles. The number of methoxy groups -OCH3 is 2. The van der Waals surface area contributed by atoms with Crippen LogP contribution in [0.1, 0.15) is 5.56 Å². The van der Waals surface area contributed by atoms with E-state index in [4.69, 9.17) is 9.47 Å². The zero-order valence-corrected chi connectivity index (χ0v) is 17.7. The molecule has 0 bridgehead atoms. The van der Waals surface area contributed by atoms with Gasteiger partial charge in [-0.3, -0.25) is 4.79 Å². The van der Waals surface area contributed by atoms with Gasteiger partial charge in [-0.25, -0.2) is 21.6 Å². The van der Waals surface area contributed by atoms with Crippen LogP contribution in [-0.2, 0) is 21.2 Å². The van der Waals surface area contributed by atoms with E-state index in [2.05, 4.69) is 0 Å². The van der Waals surface area contributed by atoms with Crippen LogP contribution in [0.5, 0.6) is 11.5 Å². The number of hydrogen-bond donors (Lipinski definition) is 0. The van der Waals surface area contributed by atoms with E-state index in [1.807, 2.05) is 0 Å². The van der Waals surface area contributed by atoms with Gasteiger partial charge in [-0.1, -0.05) is 6.07 Å². The Bertz CT molecular complexity index is 1090. The molecule has 1 heterocycles. The van der Waals surface area contributed by atoms with E-state index in [0.29, 0.717) is 29.2 Å². The van der Waals surface area contributed by atoms with E-state index in [1.165, 1.54) is 19.1 Å². The molecule has 0 unspecified atom stereocenters. The quantitative estimate of drug-likeness (QED) is 0.621. The Kier molecular flexibility index (Phi) is 6.75. The number of carbonyl (C=O) groups is 1. The average molecular weight is 458 g/mol. The number of nitrogens with zero attached hydrogens (tertiary/aromatic N) is 2. The molecule has 0 aromatic heterocycles. The van der Waals surface area contributed by atoms with Gasteiger partial charge in [-0.15, -0.1) is 0 Å². The van der Waals surface area contributed by atoms with Crippen LogP contribution in [0.15, 0.2) is 35.2 Å². The standard InChI is InChI=1S/C20H21F3N2O5S/c1-29-14-4-3-13(16(12-14)30-2)11-18(26)24-7-9-25(10-8-24)31(27,28)17-6-5-15(21)19(22)20(17)23/h3-6,12H,7-11H2,1-2H3. The molecule has 31 heavy (non-hydrogen) atoms. The molecule has 0 radical (unpaired) electrons. The first kappa shape index (κ1) is 22.9. The minimum atomic E-state index is -4.38. The van der Waals surface area contributed by atoms with Gasteiger partial charge in [-0.05, 0) is 18.2 Å². The third-order valence-electron chi connectivity index (χ3n) is 5.04. The summed E-state index contributed by atoms with van der Waals surface area (Å²) in [7, 11) is -1.39. The fourth-order valence-corrected chi connectivity index (χ4v) is 4.78. The average Bonchev–Trinajstić information content (AvgIpc) is 2.77. The second-order valence-electron chi connectivity index (χ2n) is 6.81. The second kappa shape index (κ2) is 9.15. The molecule has 3 rings (SSSR count). The van der Waals surface area contributed by atoms with E-state index in [9.17, 15) is 26.4 Å². The number of sulfonamides is 1. The van der Waals surface area contributed by atoms with Gasteiger partial charge in [0.05, 0.1) is 20.6 Å². The molecule has 2 aromatic carbocycles. The van der Waals surface area contributed by atoms with Crippen LogP contribution in [0.2, 0.25) is 0 Å². The molecule has 1 fully saturated rings. The number of hydrogen-bond acceptors (Lipinski definition) is 5. The summed E-state index contributed by atoms with van der Waals surface area (Å²) in [6.45, 7) is -0.0673. The fraction of sp³-hybridized carbons (Fsp3) is 0.350. The highest BCUT2D eigenvalue weighted by Crippen LogP contribution is 2.26. The van der Waals surface area contributed by atoms with Crippen LogP contribution >= 0.6 is 0 Å². The van der Waals surface area contributed by atoms with Crippen molar-refractivity contribution in [1.29, 1.82) is 0 Å². The predicted octanol–water partition coefficient (Wildman–Crippen LogP) is 2.20. The Balaban J connectivity index is 1.68. The van der Waals surface area contributed by atoms with E-state index >= 15 is 0 Å². The van der Waals surface area contributed by atoms with Crippen molar-refractivity contribution in [1.82, 2.24) is 9.21 Å². The maximum atomic E-state index is 14.0. The summed E-state index contributed by atoms with van der Waals surface area (Å²) >= 11 is 0. The molecule has 0 atom stereocenters. The molecular formula is C20H21F3N2O5S. The Labute approximate surface area is 178 Å². The first-order chi connectivity index (χ1) is 14.7. The van der Waals surface area contributed by atoms with Gasteiger partial charge < -0.3 is 14.4 Å². The largest absolute Gasteiger partial charge is 0.497 e. The minimum absolute atomic E-state index is 0.0394. The molecule has 1 aliphatic heterocycles. The highest BCUT2D eigenvalue weighted by atomic mass is 32.2. The van der Waals surface area contributed by atoms with Gasteiger partial charge in [0.2, 0.25) is 15.9 Å². The molecule has 7 nitrogen and oxygen atoms in total. The van der Waals surface area contributed by atoms with Crippen molar-refractivity contribution >= 4 is 15.9 Å². The lowest BCUT2D eigenvalue weighted by molar-refractivity contribution is -0.131. The summed E-state index contributed by atoms with van der Waals surface area (Å²) in [6, 6.07) is 6.32. The molecule has 2 aromatic rings. The molecule has 0 N–H and O–H groups in total. The third kappa shape index (κ3) is 4.62. The Morgan fingerprint density at radius 2 is 1.65 bits per heavy atom. The lowest BCUT2D eigenvalue weighted by Gasteiger charge is -2.34. The zero-order valence-electron chi connectivity index (χ0n) is 16.9. The molecule has 11 heteroatoms.